The lowest BCUT2D eigenvalue weighted by Gasteiger charge is -2.22. The molecule has 2 heterocycles. The van der Waals surface area contributed by atoms with Crippen molar-refractivity contribution < 1.29 is 22.7 Å². The Kier molecular flexibility index (Phi) is 4.09. The molecule has 0 fully saturated rings. The lowest BCUT2D eigenvalue weighted by Crippen LogP contribution is -2.32. The molecular weight excluding hydrogens is 357 g/mol. The number of aromatic nitrogens is 1. The molecule has 7 heteroatoms. The molecule has 140 valence electrons. The van der Waals surface area contributed by atoms with Crippen LogP contribution >= 0.6 is 0 Å². The molecule has 4 nitrogen and oxygen atoms in total. The number of methoxy groups -OCH3 is 1. The minimum atomic E-state index is -1.64. The molecule has 0 radical (unpaired) electrons. The summed E-state index contributed by atoms with van der Waals surface area (Å²) in [5, 5.41) is 0.993. The number of carbonyl (C=O) groups excluding carboxylic acids is 1. The second-order valence-electron chi connectivity index (χ2n) is 6.60. The van der Waals surface area contributed by atoms with E-state index in [1.807, 2.05) is 19.1 Å². The van der Waals surface area contributed by atoms with E-state index in [2.05, 4.69) is 4.98 Å². The van der Waals surface area contributed by atoms with Crippen LogP contribution in [0.1, 0.15) is 27.2 Å². The predicted molar refractivity (Wildman–Crippen MR) is 94.3 cm³/mol. The number of ether oxygens (including phenoxy) is 1. The summed E-state index contributed by atoms with van der Waals surface area (Å²) >= 11 is 0. The van der Waals surface area contributed by atoms with Crippen LogP contribution in [-0.2, 0) is 13.0 Å². The van der Waals surface area contributed by atoms with Crippen molar-refractivity contribution in [2.45, 2.75) is 19.9 Å². The number of aromatic amines is 1. The van der Waals surface area contributed by atoms with Crippen LogP contribution in [0.3, 0.4) is 0 Å². The number of amides is 1. The fourth-order valence-corrected chi connectivity index (χ4v) is 3.75. The standard InChI is InChI=1S/C20H17F3N2O2/c1-10-11-7-8-25(20(26)12-3-4-14(21)19(23)18(12)22)9-13-16(27-2)6-5-15(24-10)17(11)13/h3-6,24H,7-9H2,1-2H3. The number of benzene rings is 2. The summed E-state index contributed by atoms with van der Waals surface area (Å²) < 4.78 is 46.4. The van der Waals surface area contributed by atoms with Gasteiger partial charge in [0.25, 0.3) is 5.91 Å². The third-order valence-electron chi connectivity index (χ3n) is 5.10. The monoisotopic (exact) mass is 374 g/mol. The maximum absolute atomic E-state index is 14.1. The highest BCUT2D eigenvalue weighted by Crippen LogP contribution is 2.36. The van der Waals surface area contributed by atoms with Crippen molar-refractivity contribution in [2.75, 3.05) is 13.7 Å². The Bertz CT molecular complexity index is 1080. The summed E-state index contributed by atoms with van der Waals surface area (Å²) in [5.74, 6) is -4.49. The van der Waals surface area contributed by atoms with Gasteiger partial charge < -0.3 is 14.6 Å². The van der Waals surface area contributed by atoms with Crippen LogP contribution in [0.15, 0.2) is 24.3 Å². The van der Waals surface area contributed by atoms with Gasteiger partial charge in [-0.05, 0) is 43.2 Å². The second-order valence-corrected chi connectivity index (χ2v) is 6.60. The van der Waals surface area contributed by atoms with Gasteiger partial charge in [0.1, 0.15) is 5.75 Å². The number of carbonyl (C=O) groups is 1. The number of aryl methyl sites for hydroxylation is 1. The topological polar surface area (TPSA) is 45.3 Å². The van der Waals surface area contributed by atoms with Crippen molar-refractivity contribution in [3.63, 3.8) is 0 Å². The van der Waals surface area contributed by atoms with Gasteiger partial charge in [0.05, 0.1) is 19.2 Å². The highest BCUT2D eigenvalue weighted by Gasteiger charge is 2.28. The Balaban J connectivity index is 1.79. The Labute approximate surface area is 153 Å². The predicted octanol–water partition coefficient (Wildman–Crippen LogP) is 4.10. The van der Waals surface area contributed by atoms with Crippen LogP contribution in [0.5, 0.6) is 5.75 Å². The molecule has 0 saturated carbocycles. The molecule has 0 aliphatic carbocycles. The molecule has 4 rings (SSSR count). The van der Waals surface area contributed by atoms with E-state index in [0.717, 1.165) is 39.9 Å². The zero-order chi connectivity index (χ0) is 19.3. The van der Waals surface area contributed by atoms with E-state index in [-0.39, 0.29) is 6.54 Å². The van der Waals surface area contributed by atoms with Gasteiger partial charge in [0.15, 0.2) is 17.5 Å². The van der Waals surface area contributed by atoms with Gasteiger partial charge >= 0.3 is 0 Å². The van der Waals surface area contributed by atoms with Gasteiger partial charge in [-0.2, -0.15) is 0 Å². The van der Waals surface area contributed by atoms with E-state index in [1.165, 1.54) is 4.90 Å². The van der Waals surface area contributed by atoms with E-state index >= 15 is 0 Å². The summed E-state index contributed by atoms with van der Waals surface area (Å²) in [4.78, 5) is 17.6. The number of rotatable bonds is 2. The smallest absolute Gasteiger partial charge is 0.257 e. The molecule has 0 unspecified atom stereocenters. The first kappa shape index (κ1) is 17.5. The molecule has 0 spiro atoms. The lowest BCUT2D eigenvalue weighted by molar-refractivity contribution is 0.0740. The number of nitrogens with one attached hydrogen (secondary N) is 1. The first-order valence-corrected chi connectivity index (χ1v) is 8.52. The van der Waals surface area contributed by atoms with Crippen molar-refractivity contribution in [3.05, 3.63) is 64.1 Å². The van der Waals surface area contributed by atoms with Gasteiger partial charge in [-0.25, -0.2) is 13.2 Å². The molecule has 27 heavy (non-hydrogen) atoms. The number of H-pyrrole nitrogens is 1. The Morgan fingerprint density at radius 1 is 1.11 bits per heavy atom. The Morgan fingerprint density at radius 3 is 2.63 bits per heavy atom. The van der Waals surface area contributed by atoms with Crippen LogP contribution < -0.4 is 4.74 Å². The molecule has 1 N–H and O–H groups in total. The largest absolute Gasteiger partial charge is 0.496 e. The van der Waals surface area contributed by atoms with Crippen LogP contribution in [-0.4, -0.2) is 29.4 Å². The van der Waals surface area contributed by atoms with Gasteiger partial charge in [0.2, 0.25) is 0 Å². The third-order valence-corrected chi connectivity index (χ3v) is 5.10. The van der Waals surface area contributed by atoms with E-state index in [4.69, 9.17) is 4.74 Å². The fourth-order valence-electron chi connectivity index (χ4n) is 3.75. The summed E-state index contributed by atoms with van der Waals surface area (Å²) in [6.07, 6.45) is 0.559. The SMILES string of the molecule is COc1ccc2[nH]c(C)c3c2c1CN(C(=O)c1ccc(F)c(F)c1F)CC3. The van der Waals surface area contributed by atoms with E-state index < -0.39 is 28.9 Å². The molecule has 1 aliphatic rings. The Morgan fingerprint density at radius 2 is 1.89 bits per heavy atom. The van der Waals surface area contributed by atoms with Gasteiger partial charge in [-0.3, -0.25) is 4.79 Å². The minimum absolute atomic E-state index is 0.183. The van der Waals surface area contributed by atoms with Gasteiger partial charge in [0, 0.05) is 28.7 Å². The van der Waals surface area contributed by atoms with Crippen LogP contribution in [0.25, 0.3) is 10.9 Å². The first-order valence-electron chi connectivity index (χ1n) is 8.52. The lowest BCUT2D eigenvalue weighted by atomic mass is 10.0. The summed E-state index contributed by atoms with van der Waals surface area (Å²) in [6, 6.07) is 5.47. The van der Waals surface area contributed by atoms with Gasteiger partial charge in [-0.1, -0.05) is 0 Å². The molecule has 1 amide bonds. The average molecular weight is 374 g/mol. The van der Waals surface area contributed by atoms with Crippen LogP contribution in [0.4, 0.5) is 13.2 Å². The highest BCUT2D eigenvalue weighted by atomic mass is 19.2. The zero-order valence-corrected chi connectivity index (χ0v) is 14.8. The molecule has 1 aliphatic heterocycles. The summed E-state index contributed by atoms with van der Waals surface area (Å²) in [6.45, 7) is 2.46. The van der Waals surface area contributed by atoms with Crippen LogP contribution in [0, 0.1) is 24.4 Å². The fraction of sp³-hybridized carbons (Fsp3) is 0.250. The van der Waals surface area contributed by atoms with Crippen molar-refractivity contribution in [1.29, 1.82) is 0 Å². The molecular formula is C20H17F3N2O2. The summed E-state index contributed by atoms with van der Waals surface area (Å²) in [5.41, 5.74) is 3.33. The second kappa shape index (κ2) is 6.33. The molecule has 2 aromatic carbocycles. The third kappa shape index (κ3) is 2.65. The van der Waals surface area contributed by atoms with Crippen LogP contribution in [0.2, 0.25) is 0 Å². The quantitative estimate of drug-likeness (QED) is 0.687. The van der Waals surface area contributed by atoms with E-state index in [1.54, 1.807) is 7.11 Å². The zero-order valence-electron chi connectivity index (χ0n) is 14.8. The number of hydrogen-bond donors (Lipinski definition) is 1. The average Bonchev–Trinajstić information content (AvgIpc) is 2.85. The number of nitrogens with zero attached hydrogens (tertiary/aromatic N) is 1. The van der Waals surface area contributed by atoms with E-state index in [9.17, 15) is 18.0 Å². The van der Waals surface area contributed by atoms with Crippen molar-refractivity contribution in [3.8, 4) is 5.75 Å². The number of hydrogen-bond acceptors (Lipinski definition) is 2. The normalized spacial score (nSPS) is 13.7. The van der Waals surface area contributed by atoms with Crippen molar-refractivity contribution in [2.24, 2.45) is 0 Å². The molecule has 0 saturated heterocycles. The molecule has 3 aromatic rings. The van der Waals surface area contributed by atoms with Crippen molar-refractivity contribution in [1.82, 2.24) is 9.88 Å². The maximum Gasteiger partial charge on any atom is 0.257 e. The number of halogens is 3. The van der Waals surface area contributed by atoms with E-state index in [0.29, 0.717) is 18.7 Å². The Hall–Kier alpha value is -2.96. The maximum atomic E-state index is 14.1. The van der Waals surface area contributed by atoms with Crippen molar-refractivity contribution >= 4 is 16.8 Å². The minimum Gasteiger partial charge on any atom is -0.496 e. The molecule has 1 aromatic heterocycles. The van der Waals surface area contributed by atoms with Gasteiger partial charge in [-0.15, -0.1) is 0 Å². The highest BCUT2D eigenvalue weighted by molar-refractivity contribution is 5.96. The molecule has 0 atom stereocenters. The first-order chi connectivity index (χ1) is 12.9. The molecule has 0 bridgehead atoms. The summed E-state index contributed by atoms with van der Waals surface area (Å²) in [7, 11) is 1.54.